The lowest BCUT2D eigenvalue weighted by Gasteiger charge is -2.29. The number of hydrogen-bond acceptors (Lipinski definition) is 3. The topological polar surface area (TPSA) is 29.5 Å². The highest BCUT2D eigenvalue weighted by atomic mass is 79.9. The van der Waals surface area contributed by atoms with Gasteiger partial charge in [0.15, 0.2) is 5.78 Å². The summed E-state index contributed by atoms with van der Waals surface area (Å²) in [6.07, 6.45) is 2.21. The molecular formula is C15H20BrNO2. The molecule has 0 unspecified atom stereocenters. The van der Waals surface area contributed by atoms with E-state index in [4.69, 9.17) is 4.74 Å². The van der Waals surface area contributed by atoms with Crippen molar-refractivity contribution in [2.45, 2.75) is 19.8 Å². The largest absolute Gasteiger partial charge is 0.381 e. The summed E-state index contributed by atoms with van der Waals surface area (Å²) in [6.45, 7) is 4.31. The third-order valence-electron chi connectivity index (χ3n) is 3.62. The molecule has 1 saturated heterocycles. The van der Waals surface area contributed by atoms with Gasteiger partial charge in [-0.1, -0.05) is 15.9 Å². The average Bonchev–Trinajstić information content (AvgIpc) is 2.39. The number of rotatable bonds is 4. The van der Waals surface area contributed by atoms with Gasteiger partial charge in [-0.2, -0.15) is 0 Å². The zero-order valence-electron chi connectivity index (χ0n) is 11.5. The van der Waals surface area contributed by atoms with Crippen LogP contribution in [0.2, 0.25) is 0 Å². The summed E-state index contributed by atoms with van der Waals surface area (Å²) < 4.78 is 6.39. The minimum atomic E-state index is 0.112. The summed E-state index contributed by atoms with van der Waals surface area (Å²) in [5.74, 6) is 0.763. The number of Topliss-reactive ketones (excluding diaryl/α,β-unsaturated/α-hetero) is 1. The normalized spacial score (nSPS) is 16.4. The molecule has 1 aromatic carbocycles. The highest BCUT2D eigenvalue weighted by Crippen LogP contribution is 2.27. The van der Waals surface area contributed by atoms with Gasteiger partial charge in [-0.05, 0) is 43.9 Å². The molecule has 0 radical (unpaired) electrons. The highest BCUT2D eigenvalue weighted by Gasteiger charge is 2.18. The van der Waals surface area contributed by atoms with Crippen molar-refractivity contribution in [1.29, 1.82) is 0 Å². The fraction of sp³-hybridized carbons (Fsp3) is 0.533. The Kier molecular flexibility index (Phi) is 4.99. The SMILES string of the molecule is CC(=O)c1ccc(Br)cc1N(C)CC1CCOCC1. The summed E-state index contributed by atoms with van der Waals surface area (Å²) in [6, 6.07) is 5.83. The molecule has 1 aromatic rings. The number of anilines is 1. The number of hydrogen-bond donors (Lipinski definition) is 0. The molecule has 0 bridgehead atoms. The predicted octanol–water partition coefficient (Wildman–Crippen LogP) is 3.51. The molecule has 0 aromatic heterocycles. The summed E-state index contributed by atoms with van der Waals surface area (Å²) in [5.41, 5.74) is 1.80. The molecule has 4 heteroatoms. The fourth-order valence-corrected chi connectivity index (χ4v) is 2.88. The summed E-state index contributed by atoms with van der Waals surface area (Å²) in [7, 11) is 2.06. The molecule has 3 nitrogen and oxygen atoms in total. The molecule has 0 saturated carbocycles. The van der Waals surface area contributed by atoms with E-state index in [0.29, 0.717) is 5.92 Å². The summed E-state index contributed by atoms with van der Waals surface area (Å²) >= 11 is 3.48. The van der Waals surface area contributed by atoms with Crippen LogP contribution in [0.4, 0.5) is 5.69 Å². The van der Waals surface area contributed by atoms with E-state index in [-0.39, 0.29) is 5.78 Å². The Hall–Kier alpha value is -0.870. The van der Waals surface area contributed by atoms with Crippen LogP contribution in [-0.2, 0) is 4.74 Å². The van der Waals surface area contributed by atoms with Crippen LogP contribution in [0.25, 0.3) is 0 Å². The quantitative estimate of drug-likeness (QED) is 0.793. The average molecular weight is 326 g/mol. The lowest BCUT2D eigenvalue weighted by Crippen LogP contribution is -2.30. The van der Waals surface area contributed by atoms with Gasteiger partial charge in [-0.3, -0.25) is 4.79 Å². The van der Waals surface area contributed by atoms with Crippen LogP contribution in [-0.4, -0.2) is 32.6 Å². The van der Waals surface area contributed by atoms with Gasteiger partial charge in [0.2, 0.25) is 0 Å². The maximum atomic E-state index is 11.7. The van der Waals surface area contributed by atoms with Crippen molar-refractivity contribution < 1.29 is 9.53 Å². The van der Waals surface area contributed by atoms with E-state index in [9.17, 15) is 4.79 Å². The van der Waals surface area contributed by atoms with Gasteiger partial charge in [-0.15, -0.1) is 0 Å². The number of carbonyl (C=O) groups is 1. The molecular weight excluding hydrogens is 306 g/mol. The second-order valence-electron chi connectivity index (χ2n) is 5.15. The van der Waals surface area contributed by atoms with Crippen LogP contribution in [0.15, 0.2) is 22.7 Å². The first-order chi connectivity index (χ1) is 9.08. The molecule has 1 heterocycles. The molecule has 0 amide bonds. The van der Waals surface area contributed by atoms with Crippen molar-refractivity contribution in [1.82, 2.24) is 0 Å². The lowest BCUT2D eigenvalue weighted by atomic mass is 9.99. The first-order valence-corrected chi connectivity index (χ1v) is 7.46. The Morgan fingerprint density at radius 2 is 2.11 bits per heavy atom. The van der Waals surface area contributed by atoms with E-state index >= 15 is 0 Å². The summed E-state index contributed by atoms with van der Waals surface area (Å²) in [5, 5.41) is 0. The molecule has 1 aliphatic rings. The number of carbonyl (C=O) groups excluding carboxylic acids is 1. The van der Waals surface area contributed by atoms with Gasteiger partial charge in [-0.25, -0.2) is 0 Å². The minimum absolute atomic E-state index is 0.112. The molecule has 0 N–H and O–H groups in total. The Bertz CT molecular complexity index is 455. The van der Waals surface area contributed by atoms with E-state index in [2.05, 4.69) is 27.9 Å². The van der Waals surface area contributed by atoms with Gasteiger partial charge >= 0.3 is 0 Å². The van der Waals surface area contributed by atoms with Crippen LogP contribution >= 0.6 is 15.9 Å². The maximum Gasteiger partial charge on any atom is 0.161 e. The highest BCUT2D eigenvalue weighted by molar-refractivity contribution is 9.10. The third kappa shape index (κ3) is 3.80. The minimum Gasteiger partial charge on any atom is -0.381 e. The fourth-order valence-electron chi connectivity index (χ4n) is 2.53. The Morgan fingerprint density at radius 1 is 1.42 bits per heavy atom. The Morgan fingerprint density at radius 3 is 2.74 bits per heavy atom. The molecule has 0 atom stereocenters. The van der Waals surface area contributed by atoms with E-state index in [1.165, 1.54) is 0 Å². The van der Waals surface area contributed by atoms with Crippen molar-refractivity contribution in [2.24, 2.45) is 5.92 Å². The zero-order valence-corrected chi connectivity index (χ0v) is 13.1. The van der Waals surface area contributed by atoms with Gasteiger partial charge in [0.25, 0.3) is 0 Å². The molecule has 2 rings (SSSR count). The van der Waals surface area contributed by atoms with Crippen LogP contribution in [0.5, 0.6) is 0 Å². The third-order valence-corrected chi connectivity index (χ3v) is 4.12. The molecule has 1 fully saturated rings. The molecule has 19 heavy (non-hydrogen) atoms. The number of benzene rings is 1. The maximum absolute atomic E-state index is 11.7. The van der Waals surface area contributed by atoms with Crippen molar-refractivity contribution in [3.8, 4) is 0 Å². The van der Waals surface area contributed by atoms with Gasteiger partial charge in [0.1, 0.15) is 0 Å². The van der Waals surface area contributed by atoms with Crippen LogP contribution in [0.3, 0.4) is 0 Å². The monoisotopic (exact) mass is 325 g/mol. The second-order valence-corrected chi connectivity index (χ2v) is 6.07. The molecule has 104 valence electrons. The molecule has 0 spiro atoms. The first kappa shape index (κ1) is 14.5. The lowest BCUT2D eigenvalue weighted by molar-refractivity contribution is 0.0685. The molecule has 1 aliphatic heterocycles. The van der Waals surface area contributed by atoms with Gasteiger partial charge < -0.3 is 9.64 Å². The number of ether oxygens (including phenoxy) is 1. The van der Waals surface area contributed by atoms with E-state index in [1.807, 2.05) is 18.2 Å². The van der Waals surface area contributed by atoms with Crippen molar-refractivity contribution in [3.63, 3.8) is 0 Å². The standard InChI is InChI=1S/C15H20BrNO2/c1-11(18)14-4-3-13(16)9-15(14)17(2)10-12-5-7-19-8-6-12/h3-4,9,12H,5-8,10H2,1-2H3. The van der Waals surface area contributed by atoms with Gasteiger partial charge in [0, 0.05) is 42.5 Å². The number of halogens is 1. The van der Waals surface area contributed by atoms with Crippen molar-refractivity contribution in [2.75, 3.05) is 31.7 Å². The predicted molar refractivity (Wildman–Crippen MR) is 81.0 cm³/mol. The van der Waals surface area contributed by atoms with Crippen LogP contribution in [0.1, 0.15) is 30.1 Å². The van der Waals surface area contributed by atoms with Crippen LogP contribution in [0, 0.1) is 5.92 Å². The van der Waals surface area contributed by atoms with Crippen molar-refractivity contribution in [3.05, 3.63) is 28.2 Å². The van der Waals surface area contributed by atoms with E-state index in [1.54, 1.807) is 6.92 Å². The van der Waals surface area contributed by atoms with E-state index in [0.717, 1.165) is 48.3 Å². The summed E-state index contributed by atoms with van der Waals surface area (Å²) in [4.78, 5) is 13.9. The number of ketones is 1. The Balaban J connectivity index is 2.14. The zero-order chi connectivity index (χ0) is 13.8. The smallest absolute Gasteiger partial charge is 0.161 e. The van der Waals surface area contributed by atoms with E-state index < -0.39 is 0 Å². The van der Waals surface area contributed by atoms with Crippen LogP contribution < -0.4 is 4.90 Å². The van der Waals surface area contributed by atoms with Crippen molar-refractivity contribution >= 4 is 27.4 Å². The first-order valence-electron chi connectivity index (χ1n) is 6.67. The number of nitrogens with zero attached hydrogens (tertiary/aromatic N) is 1. The molecule has 0 aliphatic carbocycles. The van der Waals surface area contributed by atoms with Gasteiger partial charge in [0.05, 0.1) is 0 Å². The Labute approximate surface area is 123 Å². The second kappa shape index (κ2) is 6.53.